The molecule has 0 radical (unpaired) electrons. The van der Waals surface area contributed by atoms with Gasteiger partial charge in [0.1, 0.15) is 5.75 Å². The van der Waals surface area contributed by atoms with Gasteiger partial charge in [-0.15, -0.1) is 0 Å². The lowest BCUT2D eigenvalue weighted by Crippen LogP contribution is -2.23. The van der Waals surface area contributed by atoms with E-state index in [2.05, 4.69) is 5.32 Å². The Hall–Kier alpha value is -2.91. The Morgan fingerprint density at radius 2 is 1.72 bits per heavy atom. The number of hydrogen-bond acceptors (Lipinski definition) is 6. The molecule has 2 aromatic carbocycles. The van der Waals surface area contributed by atoms with Crippen LogP contribution in [0.3, 0.4) is 0 Å². The summed E-state index contributed by atoms with van der Waals surface area (Å²) >= 11 is 0. The van der Waals surface area contributed by atoms with Gasteiger partial charge in [-0.1, -0.05) is 6.07 Å². The minimum Gasteiger partial charge on any atom is -0.495 e. The first-order valence-corrected chi connectivity index (χ1v) is 10.1. The van der Waals surface area contributed by atoms with Crippen molar-refractivity contribution in [2.45, 2.75) is 18.7 Å². The Balaban J connectivity index is 2.11. The lowest BCUT2D eigenvalue weighted by atomic mass is 10.1. The minimum absolute atomic E-state index is 0.00859. The molecule has 0 unspecified atom stereocenters. The second-order valence-electron chi connectivity index (χ2n) is 6.57. The summed E-state index contributed by atoms with van der Waals surface area (Å²) in [6.45, 7) is 3.27. The lowest BCUT2D eigenvalue weighted by Gasteiger charge is -2.15. The third-order valence-electron chi connectivity index (χ3n) is 4.30. The molecule has 1 amide bonds. The van der Waals surface area contributed by atoms with E-state index in [1.54, 1.807) is 18.2 Å². The van der Waals surface area contributed by atoms with Crippen LogP contribution in [0, 0.1) is 13.8 Å². The number of amides is 1. The van der Waals surface area contributed by atoms with Gasteiger partial charge in [0.2, 0.25) is 10.0 Å². The number of nitrogens with one attached hydrogen (secondary N) is 1. The van der Waals surface area contributed by atoms with Gasteiger partial charge in [0, 0.05) is 14.1 Å². The van der Waals surface area contributed by atoms with Crippen LogP contribution >= 0.6 is 0 Å². The van der Waals surface area contributed by atoms with Crippen LogP contribution in [0.25, 0.3) is 0 Å². The maximum Gasteiger partial charge on any atom is 0.338 e. The second kappa shape index (κ2) is 9.06. The highest BCUT2D eigenvalue weighted by molar-refractivity contribution is 7.89. The van der Waals surface area contributed by atoms with Crippen molar-refractivity contribution in [3.05, 3.63) is 53.1 Å². The summed E-state index contributed by atoms with van der Waals surface area (Å²) in [6.07, 6.45) is 0. The third kappa shape index (κ3) is 5.33. The van der Waals surface area contributed by atoms with Crippen molar-refractivity contribution in [1.29, 1.82) is 0 Å². The standard InChI is InChI=1S/C20H24N2O6S/c1-13-6-7-15(10-14(13)2)20(24)28-12-19(23)21-17-11-16(8-9-18(17)27-5)29(25,26)22(3)4/h6-11H,12H2,1-5H3,(H,21,23). The molecule has 0 bridgehead atoms. The first kappa shape index (κ1) is 22.4. The van der Waals surface area contributed by atoms with Gasteiger partial charge in [-0.25, -0.2) is 17.5 Å². The van der Waals surface area contributed by atoms with Crippen molar-refractivity contribution in [3.8, 4) is 5.75 Å². The molecule has 0 saturated heterocycles. The monoisotopic (exact) mass is 420 g/mol. The summed E-state index contributed by atoms with van der Waals surface area (Å²) in [5.74, 6) is -0.976. The number of aryl methyl sites for hydroxylation is 2. The molecule has 0 spiro atoms. The van der Waals surface area contributed by atoms with Crippen molar-refractivity contribution in [1.82, 2.24) is 4.31 Å². The molecular weight excluding hydrogens is 396 g/mol. The number of ether oxygens (including phenoxy) is 2. The van der Waals surface area contributed by atoms with Gasteiger partial charge in [0.05, 0.1) is 23.3 Å². The van der Waals surface area contributed by atoms with Crippen molar-refractivity contribution >= 4 is 27.6 Å². The molecule has 0 heterocycles. The molecule has 0 saturated carbocycles. The maximum absolute atomic E-state index is 12.3. The SMILES string of the molecule is COc1ccc(S(=O)(=O)N(C)C)cc1NC(=O)COC(=O)c1ccc(C)c(C)c1. The van der Waals surface area contributed by atoms with Crippen molar-refractivity contribution in [3.63, 3.8) is 0 Å². The van der Waals surface area contributed by atoms with Crippen LogP contribution in [-0.2, 0) is 19.6 Å². The van der Waals surface area contributed by atoms with E-state index in [0.29, 0.717) is 5.56 Å². The highest BCUT2D eigenvalue weighted by atomic mass is 32.2. The molecule has 0 atom stereocenters. The van der Waals surface area contributed by atoms with Crippen LogP contribution in [0.2, 0.25) is 0 Å². The summed E-state index contributed by atoms with van der Waals surface area (Å²) in [6, 6.07) is 9.22. The molecule has 0 aliphatic carbocycles. The number of rotatable bonds is 7. The first-order valence-electron chi connectivity index (χ1n) is 8.71. The fraction of sp³-hybridized carbons (Fsp3) is 0.300. The van der Waals surface area contributed by atoms with Crippen LogP contribution in [0.1, 0.15) is 21.5 Å². The summed E-state index contributed by atoms with van der Waals surface area (Å²) < 4.78 is 35.9. The van der Waals surface area contributed by atoms with Gasteiger partial charge in [-0.2, -0.15) is 0 Å². The number of benzene rings is 2. The average molecular weight is 420 g/mol. The number of esters is 1. The fourth-order valence-electron chi connectivity index (χ4n) is 2.43. The number of sulfonamides is 1. The number of nitrogens with zero attached hydrogens (tertiary/aromatic N) is 1. The predicted molar refractivity (Wildman–Crippen MR) is 109 cm³/mol. The van der Waals surface area contributed by atoms with Gasteiger partial charge in [-0.05, 0) is 55.3 Å². The van der Waals surface area contributed by atoms with Crippen molar-refractivity contribution < 1.29 is 27.5 Å². The van der Waals surface area contributed by atoms with Gasteiger partial charge in [0.15, 0.2) is 6.61 Å². The van der Waals surface area contributed by atoms with Crippen LogP contribution in [0.15, 0.2) is 41.3 Å². The predicted octanol–water partition coefficient (Wildman–Crippen LogP) is 2.36. The topological polar surface area (TPSA) is 102 Å². The molecule has 0 fully saturated rings. The number of carbonyl (C=O) groups excluding carboxylic acids is 2. The number of hydrogen-bond donors (Lipinski definition) is 1. The van der Waals surface area contributed by atoms with Crippen LogP contribution < -0.4 is 10.1 Å². The minimum atomic E-state index is -3.69. The highest BCUT2D eigenvalue weighted by Crippen LogP contribution is 2.28. The van der Waals surface area contributed by atoms with Gasteiger partial charge in [0.25, 0.3) is 5.91 Å². The van der Waals surface area contributed by atoms with E-state index < -0.39 is 28.5 Å². The quantitative estimate of drug-likeness (QED) is 0.690. The third-order valence-corrected chi connectivity index (χ3v) is 6.11. The number of methoxy groups -OCH3 is 1. The largest absolute Gasteiger partial charge is 0.495 e. The zero-order valence-corrected chi connectivity index (χ0v) is 17.8. The molecular formula is C20H24N2O6S. The van der Waals surface area contributed by atoms with Gasteiger partial charge < -0.3 is 14.8 Å². The summed E-state index contributed by atoms with van der Waals surface area (Å²) in [5, 5.41) is 2.52. The van der Waals surface area contributed by atoms with E-state index in [1.165, 1.54) is 39.4 Å². The molecule has 156 valence electrons. The van der Waals surface area contributed by atoms with Crippen molar-refractivity contribution in [2.24, 2.45) is 0 Å². The van der Waals surface area contributed by atoms with Crippen molar-refractivity contribution in [2.75, 3.05) is 33.1 Å². The lowest BCUT2D eigenvalue weighted by molar-refractivity contribution is -0.119. The zero-order valence-electron chi connectivity index (χ0n) is 17.0. The molecule has 2 aromatic rings. The Morgan fingerprint density at radius 1 is 1.03 bits per heavy atom. The van der Waals surface area contributed by atoms with Crippen LogP contribution in [0.5, 0.6) is 5.75 Å². The van der Waals surface area contributed by atoms with E-state index in [-0.39, 0.29) is 16.3 Å². The molecule has 0 aliphatic rings. The first-order chi connectivity index (χ1) is 13.6. The van der Waals surface area contributed by atoms with E-state index in [0.717, 1.165) is 15.4 Å². The number of anilines is 1. The maximum atomic E-state index is 12.3. The van der Waals surface area contributed by atoms with E-state index in [4.69, 9.17) is 9.47 Å². The normalized spacial score (nSPS) is 11.2. The van der Waals surface area contributed by atoms with E-state index >= 15 is 0 Å². The Kier molecular flexibility index (Phi) is 6.99. The Bertz CT molecular complexity index is 1030. The summed E-state index contributed by atoms with van der Waals surface area (Å²) in [5.41, 5.74) is 2.48. The molecule has 0 aromatic heterocycles. The highest BCUT2D eigenvalue weighted by Gasteiger charge is 2.20. The smallest absolute Gasteiger partial charge is 0.338 e. The van der Waals surface area contributed by atoms with Gasteiger partial charge in [-0.3, -0.25) is 4.79 Å². The molecule has 2 rings (SSSR count). The second-order valence-corrected chi connectivity index (χ2v) is 8.72. The molecule has 29 heavy (non-hydrogen) atoms. The van der Waals surface area contributed by atoms with Gasteiger partial charge >= 0.3 is 5.97 Å². The molecule has 0 aliphatic heterocycles. The van der Waals surface area contributed by atoms with E-state index in [1.807, 2.05) is 13.8 Å². The summed E-state index contributed by atoms with van der Waals surface area (Å²) in [4.78, 5) is 24.4. The Labute approximate surface area is 170 Å². The Morgan fingerprint density at radius 3 is 2.31 bits per heavy atom. The molecule has 1 N–H and O–H groups in total. The molecule has 9 heteroatoms. The molecule has 8 nitrogen and oxygen atoms in total. The van der Waals surface area contributed by atoms with E-state index in [9.17, 15) is 18.0 Å². The number of carbonyl (C=O) groups is 2. The fourth-order valence-corrected chi connectivity index (χ4v) is 3.35. The van der Waals surface area contributed by atoms with Crippen LogP contribution in [-0.4, -0.2) is 52.4 Å². The van der Waals surface area contributed by atoms with Crippen LogP contribution in [0.4, 0.5) is 5.69 Å². The zero-order chi connectivity index (χ0) is 21.8. The summed E-state index contributed by atoms with van der Waals surface area (Å²) in [7, 11) is 0.519. The average Bonchev–Trinajstić information content (AvgIpc) is 2.68.